The summed E-state index contributed by atoms with van der Waals surface area (Å²) in [7, 11) is 0. The van der Waals surface area contributed by atoms with Crippen LogP contribution in [0.15, 0.2) is 116 Å². The lowest BCUT2D eigenvalue weighted by atomic mass is 9.98. The van der Waals surface area contributed by atoms with Crippen LogP contribution >= 0.6 is 0 Å². The lowest BCUT2D eigenvalue weighted by Gasteiger charge is -2.20. The molecule has 4 aromatic carbocycles. The zero-order valence-corrected chi connectivity index (χ0v) is 40.2. The number of ether oxygens (including phenoxy) is 1. The Bertz CT molecular complexity index is 1860. The van der Waals surface area contributed by atoms with Gasteiger partial charge in [0.2, 0.25) is 0 Å². The number of rotatable bonds is 12. The number of aromatic nitrogens is 2. The summed E-state index contributed by atoms with van der Waals surface area (Å²) in [6.45, 7) is 34.9. The Kier molecular flexibility index (Phi) is 23.4. The largest absolute Gasteiger partial charge is 0.376 e. The second-order valence-electron chi connectivity index (χ2n) is 19.9. The summed E-state index contributed by atoms with van der Waals surface area (Å²) in [5.74, 6) is 4.55. The Morgan fingerprint density at radius 1 is 0.576 bits per heavy atom. The molecule has 1 aliphatic rings. The maximum Gasteiger partial charge on any atom is 0.0952 e. The quantitative estimate of drug-likeness (QED) is 0.126. The van der Waals surface area contributed by atoms with Gasteiger partial charge in [-0.3, -0.25) is 0 Å². The van der Waals surface area contributed by atoms with Crippen LogP contribution in [0, 0.1) is 35.5 Å². The molecule has 59 heavy (non-hydrogen) atoms. The highest BCUT2D eigenvalue weighted by molar-refractivity contribution is 5.83. The van der Waals surface area contributed by atoms with Gasteiger partial charge >= 0.3 is 0 Å². The van der Waals surface area contributed by atoms with Crippen LogP contribution in [0.5, 0.6) is 0 Å². The molecule has 1 aromatic heterocycles. The number of hydrogen-bond acceptors (Lipinski definition) is 2. The molecule has 3 nitrogen and oxygen atoms in total. The standard InChI is InChI=1S/C14H18N2.C14H16.C13H16.C8H18O.C7H16/c1-12(2)8-14-10-16(11-15-14)9-13-6-4-3-5-7-13;1-11(2)9-12-7-8-13-5-3-4-6-14(13)10-12;1-10(2)9-12-8-7-11-5-3-4-6-13(11)12;1-7(2)6-9-8(3,4)5;1-6(2)5-7(3)4/h3-7,10-12H,8-9H2,1-2H3;3-8,10-11H,9H2,1-2H3;3-6,8,10H,7,9H2,1-2H3;7H,6H2,1-5H3;6-7H,5H2,1-4H3. The van der Waals surface area contributed by atoms with Crippen LogP contribution in [-0.2, 0) is 30.5 Å². The summed E-state index contributed by atoms with van der Waals surface area (Å²) in [6.07, 6.45) is 12.4. The van der Waals surface area contributed by atoms with Gasteiger partial charge in [0.05, 0.1) is 17.6 Å². The molecule has 3 heteroatoms. The van der Waals surface area contributed by atoms with Crippen LogP contribution in [0.3, 0.4) is 0 Å². The molecule has 324 valence electrons. The molecule has 0 bridgehead atoms. The number of benzene rings is 4. The fourth-order valence-electron chi connectivity index (χ4n) is 7.00. The predicted molar refractivity (Wildman–Crippen MR) is 261 cm³/mol. The summed E-state index contributed by atoms with van der Waals surface area (Å²) in [5, 5.41) is 2.69. The SMILES string of the molecule is CC(C)CC(C)C.CC(C)CC1=CCc2ccccc21.CC(C)COC(C)(C)C.CC(C)Cc1ccc2ccccc2c1.CC(C)Cc1cn(Cc2ccccc2)cn1. The highest BCUT2D eigenvalue weighted by Gasteiger charge is 2.13. The molecule has 0 spiro atoms. The average molecular weight is 801 g/mol. The maximum absolute atomic E-state index is 5.49. The minimum atomic E-state index is 0.0320. The molecule has 1 aliphatic carbocycles. The van der Waals surface area contributed by atoms with Crippen LogP contribution in [0.25, 0.3) is 16.3 Å². The zero-order chi connectivity index (χ0) is 44.0. The van der Waals surface area contributed by atoms with Crippen molar-refractivity contribution in [3.05, 3.63) is 144 Å². The van der Waals surface area contributed by atoms with Gasteiger partial charge in [0, 0.05) is 19.3 Å². The minimum Gasteiger partial charge on any atom is -0.376 e. The zero-order valence-electron chi connectivity index (χ0n) is 40.2. The minimum absolute atomic E-state index is 0.0320. The third-order valence-corrected chi connectivity index (χ3v) is 9.32. The van der Waals surface area contributed by atoms with E-state index >= 15 is 0 Å². The van der Waals surface area contributed by atoms with Gasteiger partial charge in [0.15, 0.2) is 0 Å². The summed E-state index contributed by atoms with van der Waals surface area (Å²) in [5.41, 5.74) is 8.50. The van der Waals surface area contributed by atoms with Gasteiger partial charge in [0.25, 0.3) is 0 Å². The Labute approximate surface area is 363 Å². The van der Waals surface area contributed by atoms with E-state index in [1.807, 2.05) is 12.4 Å². The van der Waals surface area contributed by atoms with E-state index in [0.29, 0.717) is 11.8 Å². The number of imidazole rings is 1. The van der Waals surface area contributed by atoms with Gasteiger partial charge in [0.1, 0.15) is 0 Å². The summed E-state index contributed by atoms with van der Waals surface area (Å²) in [4.78, 5) is 4.42. The van der Waals surface area contributed by atoms with E-state index in [1.165, 1.54) is 58.0 Å². The van der Waals surface area contributed by atoms with Crippen molar-refractivity contribution in [2.24, 2.45) is 35.5 Å². The van der Waals surface area contributed by atoms with Crippen molar-refractivity contribution >= 4 is 16.3 Å². The van der Waals surface area contributed by atoms with Gasteiger partial charge in [-0.15, -0.1) is 0 Å². The second-order valence-corrected chi connectivity index (χ2v) is 19.9. The summed E-state index contributed by atoms with van der Waals surface area (Å²) < 4.78 is 7.64. The fourth-order valence-corrected chi connectivity index (χ4v) is 7.00. The first-order valence-corrected chi connectivity index (χ1v) is 22.7. The topological polar surface area (TPSA) is 27.1 Å². The van der Waals surface area contributed by atoms with Crippen molar-refractivity contribution in [2.45, 2.75) is 148 Å². The molecule has 0 N–H and O–H groups in total. The molecule has 0 saturated heterocycles. The molecule has 0 unspecified atom stereocenters. The molecule has 0 saturated carbocycles. The smallest absolute Gasteiger partial charge is 0.0952 e. The van der Waals surface area contributed by atoms with Gasteiger partial charge in [-0.05, 0) is 127 Å². The molecule has 0 radical (unpaired) electrons. The van der Waals surface area contributed by atoms with Crippen molar-refractivity contribution in [3.63, 3.8) is 0 Å². The lowest BCUT2D eigenvalue weighted by Crippen LogP contribution is -2.21. The molecule has 1 heterocycles. The van der Waals surface area contributed by atoms with E-state index in [2.05, 4.69) is 217 Å². The van der Waals surface area contributed by atoms with E-state index in [1.54, 1.807) is 5.57 Å². The van der Waals surface area contributed by atoms with E-state index < -0.39 is 0 Å². The van der Waals surface area contributed by atoms with E-state index in [9.17, 15) is 0 Å². The Balaban J connectivity index is 0.000000262. The molecule has 0 fully saturated rings. The van der Waals surface area contributed by atoms with Crippen molar-refractivity contribution in [1.29, 1.82) is 0 Å². The molecule has 6 rings (SSSR count). The van der Waals surface area contributed by atoms with Gasteiger partial charge in [-0.1, -0.05) is 186 Å². The van der Waals surface area contributed by atoms with Crippen LogP contribution in [0.2, 0.25) is 0 Å². The first kappa shape index (κ1) is 51.2. The fraction of sp³-hybridized carbons (Fsp3) is 0.518. The predicted octanol–water partition coefficient (Wildman–Crippen LogP) is 16.0. The van der Waals surface area contributed by atoms with E-state index in [4.69, 9.17) is 4.74 Å². The number of nitrogens with zero attached hydrogens (tertiary/aromatic N) is 2. The van der Waals surface area contributed by atoms with Crippen molar-refractivity contribution in [3.8, 4) is 0 Å². The third-order valence-electron chi connectivity index (χ3n) is 9.32. The Morgan fingerprint density at radius 2 is 1.15 bits per heavy atom. The number of allylic oxidation sites excluding steroid dienone is 2. The molecular formula is C56H84N2O. The van der Waals surface area contributed by atoms with Crippen LogP contribution in [0.4, 0.5) is 0 Å². The summed E-state index contributed by atoms with van der Waals surface area (Å²) in [6, 6.07) is 34.5. The number of fused-ring (bicyclic) bond motifs is 2. The van der Waals surface area contributed by atoms with E-state index in [0.717, 1.165) is 49.7 Å². The molecule has 0 atom stereocenters. The first-order chi connectivity index (χ1) is 27.8. The molecule has 0 amide bonds. The molecular weight excluding hydrogens is 717 g/mol. The monoisotopic (exact) mass is 801 g/mol. The van der Waals surface area contributed by atoms with Crippen LogP contribution in [-0.4, -0.2) is 21.8 Å². The number of hydrogen-bond donors (Lipinski definition) is 0. The Hall–Kier alpha value is -3.95. The average Bonchev–Trinajstić information content (AvgIpc) is 3.76. The maximum atomic E-state index is 5.49. The lowest BCUT2D eigenvalue weighted by molar-refractivity contribution is -0.0167. The van der Waals surface area contributed by atoms with Crippen molar-refractivity contribution < 1.29 is 4.74 Å². The highest BCUT2D eigenvalue weighted by Crippen LogP contribution is 2.31. The normalized spacial score (nSPS) is 12.1. The van der Waals surface area contributed by atoms with Crippen LogP contribution in [0.1, 0.15) is 145 Å². The second kappa shape index (κ2) is 27.0. The van der Waals surface area contributed by atoms with Crippen molar-refractivity contribution in [1.82, 2.24) is 9.55 Å². The first-order valence-electron chi connectivity index (χ1n) is 22.7. The molecule has 5 aromatic rings. The van der Waals surface area contributed by atoms with E-state index in [-0.39, 0.29) is 5.60 Å². The third kappa shape index (κ3) is 23.4. The van der Waals surface area contributed by atoms with Gasteiger partial charge < -0.3 is 9.30 Å². The van der Waals surface area contributed by atoms with Crippen molar-refractivity contribution in [2.75, 3.05) is 6.61 Å². The van der Waals surface area contributed by atoms with Gasteiger partial charge in [-0.2, -0.15) is 0 Å². The van der Waals surface area contributed by atoms with Gasteiger partial charge in [-0.25, -0.2) is 4.98 Å². The Morgan fingerprint density at radius 3 is 1.69 bits per heavy atom. The highest BCUT2D eigenvalue weighted by atomic mass is 16.5. The summed E-state index contributed by atoms with van der Waals surface area (Å²) >= 11 is 0. The van der Waals surface area contributed by atoms with Crippen LogP contribution < -0.4 is 0 Å². The molecule has 0 aliphatic heterocycles.